The molecule has 3 unspecified atom stereocenters. The van der Waals surface area contributed by atoms with Crippen molar-refractivity contribution in [2.24, 2.45) is 17.8 Å². The summed E-state index contributed by atoms with van der Waals surface area (Å²) in [5.74, 6) is -0.00648. The number of hydrogen-bond donors (Lipinski definition) is 3. The highest BCUT2D eigenvalue weighted by Gasteiger charge is 2.30. The van der Waals surface area contributed by atoms with Gasteiger partial charge in [-0.25, -0.2) is 9.13 Å². The molecule has 0 radical (unpaired) electrons. The fourth-order valence-corrected chi connectivity index (χ4v) is 11.0. The smallest absolute Gasteiger partial charge is 0.462 e. The van der Waals surface area contributed by atoms with Gasteiger partial charge in [-0.1, -0.05) is 260 Å². The number of ether oxygens (including phenoxy) is 4. The third-order valence-electron chi connectivity index (χ3n) is 15.0. The van der Waals surface area contributed by atoms with E-state index in [1.165, 1.54) is 109 Å². The highest BCUT2D eigenvalue weighted by atomic mass is 31.2. The van der Waals surface area contributed by atoms with Gasteiger partial charge in [0.2, 0.25) is 0 Å². The molecule has 0 amide bonds. The van der Waals surface area contributed by atoms with Crippen LogP contribution < -0.4 is 0 Å². The number of carbonyl (C=O) groups excluding carboxylic acids is 4. The zero-order chi connectivity index (χ0) is 61.7. The summed E-state index contributed by atoms with van der Waals surface area (Å²) in [5, 5.41) is 10.5. The summed E-state index contributed by atoms with van der Waals surface area (Å²) in [4.78, 5) is 72.2. The van der Waals surface area contributed by atoms with E-state index in [4.69, 9.17) is 37.0 Å². The summed E-state index contributed by atoms with van der Waals surface area (Å²) in [6.45, 7) is 11.6. The van der Waals surface area contributed by atoms with E-state index in [0.29, 0.717) is 37.5 Å². The molecule has 19 heteroatoms. The fraction of sp³-hybridized carbons (Fsp3) is 0.938. The minimum absolute atomic E-state index is 0.102. The summed E-state index contributed by atoms with van der Waals surface area (Å²) in [7, 11) is -9.89. The zero-order valence-corrected chi connectivity index (χ0v) is 55.4. The number of aliphatic hydroxyl groups is 1. The Hall–Kier alpha value is -1.94. The van der Waals surface area contributed by atoms with Crippen LogP contribution in [0.2, 0.25) is 0 Å². The SMILES string of the molecule is CCCCCCCCCCCCCCCC(=O)O[C@H](COC(=O)CCCCCCCCCC(C)C)COP(=O)(O)OC[C@@H](O)COP(=O)(O)OC[C@@H](COC(=O)CCCCCCCCC(C)CC)OC(=O)CCCCCCCCCC(C)C. The number of aliphatic hydroxyl groups excluding tert-OH is 1. The molecule has 3 N–H and O–H groups in total. The first-order valence-electron chi connectivity index (χ1n) is 33.4. The fourth-order valence-electron chi connectivity index (χ4n) is 9.45. The topological polar surface area (TPSA) is 237 Å². The van der Waals surface area contributed by atoms with Gasteiger partial charge < -0.3 is 33.8 Å². The summed E-state index contributed by atoms with van der Waals surface area (Å²) < 4.78 is 68.0. The van der Waals surface area contributed by atoms with Gasteiger partial charge >= 0.3 is 39.5 Å². The van der Waals surface area contributed by atoms with E-state index in [1.807, 2.05) is 0 Å². The molecular formula is C64H124O17P2. The predicted molar refractivity (Wildman–Crippen MR) is 331 cm³/mol. The molecule has 6 atom stereocenters. The summed E-state index contributed by atoms with van der Waals surface area (Å²) in [5.41, 5.74) is 0. The van der Waals surface area contributed by atoms with Crippen LogP contribution in [0.15, 0.2) is 0 Å². The molecular weight excluding hydrogens is 1100 g/mol. The molecule has 0 heterocycles. The van der Waals surface area contributed by atoms with Gasteiger partial charge in [-0.05, 0) is 43.4 Å². The van der Waals surface area contributed by atoms with E-state index in [2.05, 4.69) is 48.5 Å². The van der Waals surface area contributed by atoms with Gasteiger partial charge in [-0.15, -0.1) is 0 Å². The van der Waals surface area contributed by atoms with Gasteiger partial charge in [-0.3, -0.25) is 37.3 Å². The Morgan fingerprint density at radius 3 is 0.916 bits per heavy atom. The first-order valence-corrected chi connectivity index (χ1v) is 36.4. The Balaban J connectivity index is 5.25. The number of hydrogen-bond acceptors (Lipinski definition) is 15. The van der Waals surface area contributed by atoms with Crippen LogP contribution in [0.25, 0.3) is 0 Å². The molecule has 0 aliphatic rings. The molecule has 0 aromatic heterocycles. The predicted octanol–water partition coefficient (Wildman–Crippen LogP) is 17.5. The molecule has 17 nitrogen and oxygen atoms in total. The van der Waals surface area contributed by atoms with Crippen molar-refractivity contribution in [2.75, 3.05) is 39.6 Å². The molecule has 492 valence electrons. The van der Waals surface area contributed by atoms with Crippen molar-refractivity contribution in [1.82, 2.24) is 0 Å². The summed E-state index contributed by atoms with van der Waals surface area (Å²) in [6.07, 6.45) is 36.3. The standard InChI is InChI=1S/C64H124O17P2/c1-8-10-11-12-13-14-15-16-17-18-23-33-40-47-63(68)80-59(51-74-61(66)45-38-31-24-19-21-28-35-42-55(3)4)53-78-82(70,71)76-49-58(65)50-77-83(72,73)79-54-60(81-64(69)48-41-34-25-20-22-29-36-43-56(5)6)52-75-62(67)46-39-32-27-26-30-37-44-57(7)9-2/h55-60,65H,8-54H2,1-7H3,(H,70,71)(H,72,73)/t57?,58-,59-,60-/m1/s1. The van der Waals surface area contributed by atoms with Crippen LogP contribution in [0, 0.1) is 17.8 Å². The molecule has 0 spiro atoms. The van der Waals surface area contributed by atoms with Gasteiger partial charge in [-0.2, -0.15) is 0 Å². The van der Waals surface area contributed by atoms with Crippen molar-refractivity contribution in [3.05, 3.63) is 0 Å². The lowest BCUT2D eigenvalue weighted by atomic mass is 10.00. The molecule has 0 fully saturated rings. The number of unbranched alkanes of at least 4 members (excludes halogenated alkanes) is 29. The van der Waals surface area contributed by atoms with Crippen molar-refractivity contribution in [1.29, 1.82) is 0 Å². The van der Waals surface area contributed by atoms with Gasteiger partial charge in [0.15, 0.2) is 12.2 Å². The van der Waals surface area contributed by atoms with Crippen molar-refractivity contribution >= 4 is 39.5 Å². The van der Waals surface area contributed by atoms with Crippen molar-refractivity contribution in [3.8, 4) is 0 Å². The maximum Gasteiger partial charge on any atom is 0.472 e. The Bertz CT molecular complexity index is 1650. The van der Waals surface area contributed by atoms with Gasteiger partial charge in [0.1, 0.15) is 19.3 Å². The van der Waals surface area contributed by atoms with Gasteiger partial charge in [0.05, 0.1) is 26.4 Å². The molecule has 0 rings (SSSR count). The van der Waals surface area contributed by atoms with Crippen LogP contribution in [0.1, 0.15) is 312 Å². The Kier molecular flexibility index (Phi) is 54.1. The molecule has 0 aromatic carbocycles. The van der Waals surface area contributed by atoms with E-state index in [-0.39, 0.29) is 25.7 Å². The number of esters is 4. The lowest BCUT2D eigenvalue weighted by molar-refractivity contribution is -0.161. The van der Waals surface area contributed by atoms with Gasteiger partial charge in [0.25, 0.3) is 0 Å². The maximum atomic E-state index is 13.0. The third-order valence-corrected chi connectivity index (χ3v) is 16.9. The summed E-state index contributed by atoms with van der Waals surface area (Å²) >= 11 is 0. The zero-order valence-electron chi connectivity index (χ0n) is 53.6. The second-order valence-electron chi connectivity index (χ2n) is 24.3. The molecule has 0 saturated heterocycles. The van der Waals surface area contributed by atoms with E-state index >= 15 is 0 Å². The molecule has 0 bridgehead atoms. The normalized spacial score (nSPS) is 14.7. The minimum atomic E-state index is -4.94. The van der Waals surface area contributed by atoms with E-state index in [1.54, 1.807) is 0 Å². The van der Waals surface area contributed by atoms with Crippen LogP contribution >= 0.6 is 15.6 Å². The summed E-state index contributed by atoms with van der Waals surface area (Å²) in [6, 6.07) is 0. The third kappa shape index (κ3) is 57.6. The molecule has 0 aromatic rings. The first kappa shape index (κ1) is 81.1. The lowest BCUT2D eigenvalue weighted by Crippen LogP contribution is -2.30. The monoisotopic (exact) mass is 1230 g/mol. The quantitative estimate of drug-likeness (QED) is 0.0222. The van der Waals surface area contributed by atoms with Crippen molar-refractivity contribution in [2.45, 2.75) is 330 Å². The average Bonchev–Trinajstić information content (AvgIpc) is 3.44. The molecule has 0 aliphatic carbocycles. The second-order valence-corrected chi connectivity index (χ2v) is 27.3. The Morgan fingerprint density at radius 2 is 0.614 bits per heavy atom. The van der Waals surface area contributed by atoms with Crippen LogP contribution in [-0.2, 0) is 65.4 Å². The van der Waals surface area contributed by atoms with E-state index < -0.39 is 97.5 Å². The Morgan fingerprint density at radius 1 is 0.349 bits per heavy atom. The first-order chi connectivity index (χ1) is 39.8. The molecule has 0 aliphatic heterocycles. The number of carbonyl (C=O) groups is 4. The highest BCUT2D eigenvalue weighted by molar-refractivity contribution is 7.47. The number of phosphoric acid groups is 2. The van der Waals surface area contributed by atoms with Crippen molar-refractivity contribution in [3.63, 3.8) is 0 Å². The lowest BCUT2D eigenvalue weighted by Gasteiger charge is -2.21. The van der Waals surface area contributed by atoms with Crippen LogP contribution in [0.3, 0.4) is 0 Å². The van der Waals surface area contributed by atoms with Crippen LogP contribution in [0.5, 0.6) is 0 Å². The maximum absolute atomic E-state index is 13.0. The van der Waals surface area contributed by atoms with E-state index in [9.17, 15) is 43.2 Å². The highest BCUT2D eigenvalue weighted by Crippen LogP contribution is 2.45. The number of rotatable bonds is 62. The van der Waals surface area contributed by atoms with Gasteiger partial charge in [0, 0.05) is 25.7 Å². The van der Waals surface area contributed by atoms with Crippen molar-refractivity contribution < 1.29 is 80.2 Å². The largest absolute Gasteiger partial charge is 0.472 e. The van der Waals surface area contributed by atoms with Crippen LogP contribution in [0.4, 0.5) is 0 Å². The van der Waals surface area contributed by atoms with E-state index in [0.717, 1.165) is 109 Å². The second kappa shape index (κ2) is 55.4. The minimum Gasteiger partial charge on any atom is -0.462 e. The molecule has 83 heavy (non-hydrogen) atoms. The van der Waals surface area contributed by atoms with Crippen LogP contribution in [-0.4, -0.2) is 96.7 Å². The molecule has 0 saturated carbocycles. The Labute approximate surface area is 505 Å². The number of phosphoric ester groups is 2. The average molecular weight is 1230 g/mol.